The number of nitrogens with zero attached hydrogens (tertiary/aromatic N) is 1. The summed E-state index contributed by atoms with van der Waals surface area (Å²) in [7, 11) is -1.67. The van der Waals surface area contributed by atoms with Gasteiger partial charge in [0.25, 0.3) is 0 Å². The number of halogens is 8. The van der Waals surface area contributed by atoms with E-state index in [0.29, 0.717) is 25.1 Å². The number of aliphatic hydroxyl groups excluding tert-OH is 1. The monoisotopic (exact) mass is 623 g/mol. The van der Waals surface area contributed by atoms with Crippen LogP contribution in [0.4, 0.5) is 35.1 Å². The number of aromatic nitrogens is 1. The molecule has 16 heteroatoms. The lowest BCUT2D eigenvalue weighted by Gasteiger charge is -2.35. The van der Waals surface area contributed by atoms with Crippen molar-refractivity contribution >= 4 is 19.4 Å². The second kappa shape index (κ2) is 12.5. The summed E-state index contributed by atoms with van der Waals surface area (Å²) in [6.07, 6.45) is -11.2. The fourth-order valence-electron chi connectivity index (χ4n) is 3.58. The second-order valence-corrected chi connectivity index (χ2v) is 17.1. The topological polar surface area (TPSA) is 70.0 Å². The minimum Gasteiger partial charge on any atom is -0.487 e. The summed E-state index contributed by atoms with van der Waals surface area (Å²) in [5.74, 6) is -0.483. The maximum absolute atomic E-state index is 14.1. The Labute approximate surface area is 230 Å². The summed E-state index contributed by atoms with van der Waals surface area (Å²) in [6, 6.07) is 3.84. The molecular formula is C24H29F8NO5SSi. The summed E-state index contributed by atoms with van der Waals surface area (Å²) in [6.45, 7) is 1.31. The lowest BCUT2D eigenvalue weighted by Crippen LogP contribution is -2.56. The van der Waals surface area contributed by atoms with Crippen molar-refractivity contribution in [3.63, 3.8) is 0 Å². The van der Waals surface area contributed by atoms with E-state index in [2.05, 4.69) is 14.5 Å². The molecule has 1 unspecified atom stereocenters. The van der Waals surface area contributed by atoms with E-state index in [4.69, 9.17) is 9.47 Å². The van der Waals surface area contributed by atoms with Crippen LogP contribution < -0.4 is 9.47 Å². The van der Waals surface area contributed by atoms with Crippen molar-refractivity contribution in [2.24, 2.45) is 0 Å². The van der Waals surface area contributed by atoms with E-state index in [1.54, 1.807) is 0 Å². The predicted octanol–water partition coefficient (Wildman–Crippen LogP) is 7.41. The number of alkyl halides is 8. The van der Waals surface area contributed by atoms with Crippen LogP contribution in [0.5, 0.6) is 11.5 Å². The number of benzene rings is 1. The highest BCUT2D eigenvalue weighted by Crippen LogP contribution is 2.54. The van der Waals surface area contributed by atoms with E-state index < -0.39 is 50.5 Å². The van der Waals surface area contributed by atoms with Gasteiger partial charge in [0.2, 0.25) is 0 Å². The molecule has 1 aliphatic carbocycles. The smallest absolute Gasteiger partial charge is 0.433 e. The van der Waals surface area contributed by atoms with Crippen molar-refractivity contribution in [2.45, 2.75) is 81.7 Å². The molecule has 2 aromatic rings. The maximum Gasteiger partial charge on any atom is 0.433 e. The van der Waals surface area contributed by atoms with Gasteiger partial charge in [-0.1, -0.05) is 25.7 Å². The molecule has 1 heterocycles. The fourth-order valence-corrected chi connectivity index (χ4v) is 5.46. The van der Waals surface area contributed by atoms with Crippen LogP contribution in [0.25, 0.3) is 0 Å². The molecule has 0 radical (unpaired) electrons. The normalized spacial score (nSPS) is 16.2. The maximum atomic E-state index is 14.1. The van der Waals surface area contributed by atoms with Gasteiger partial charge in [-0.3, -0.25) is 0 Å². The highest BCUT2D eigenvalue weighted by Gasteiger charge is 2.75. The molecule has 1 saturated carbocycles. The molecule has 1 fully saturated rings. The number of thiazole rings is 1. The van der Waals surface area contributed by atoms with Gasteiger partial charge in [-0.05, 0) is 43.0 Å². The van der Waals surface area contributed by atoms with E-state index >= 15 is 0 Å². The highest BCUT2D eigenvalue weighted by atomic mass is 32.1. The lowest BCUT2D eigenvalue weighted by molar-refractivity contribution is -0.401. The third-order valence-corrected chi connectivity index (χ3v) is 8.95. The second-order valence-electron chi connectivity index (χ2n) is 10.4. The molecule has 3 rings (SSSR count). The quantitative estimate of drug-likeness (QED) is 0.109. The fraction of sp³-hybridized carbons (Fsp3) is 0.625. The van der Waals surface area contributed by atoms with Gasteiger partial charge < -0.3 is 24.1 Å². The zero-order chi connectivity index (χ0) is 29.9. The number of rotatable bonds is 13. The molecule has 0 saturated heterocycles. The third-order valence-electron chi connectivity index (χ3n) is 6.09. The van der Waals surface area contributed by atoms with Crippen molar-refractivity contribution < 1.29 is 59.2 Å². The van der Waals surface area contributed by atoms with E-state index in [9.17, 15) is 40.2 Å². The molecule has 226 valence electrons. The Morgan fingerprint density at radius 1 is 1.05 bits per heavy atom. The molecule has 0 bridgehead atoms. The molecule has 0 amide bonds. The van der Waals surface area contributed by atoms with Gasteiger partial charge in [-0.25, -0.2) is 4.98 Å². The van der Waals surface area contributed by atoms with E-state index in [1.165, 1.54) is 0 Å². The third kappa shape index (κ3) is 7.63. The summed E-state index contributed by atoms with van der Waals surface area (Å²) in [4.78, 5) is 2.96. The Hall–Kier alpha value is -2.01. The lowest BCUT2D eigenvalue weighted by atomic mass is 9.96. The Bertz CT molecular complexity index is 1100. The zero-order valence-electron chi connectivity index (χ0n) is 21.7. The van der Waals surface area contributed by atoms with Crippen molar-refractivity contribution in [2.75, 3.05) is 13.4 Å². The molecule has 1 N–H and O–H groups in total. The Morgan fingerprint density at radius 2 is 1.70 bits per heavy atom. The van der Waals surface area contributed by atoms with Crippen LogP contribution in [0.3, 0.4) is 0 Å². The van der Waals surface area contributed by atoms with Gasteiger partial charge in [0.1, 0.15) is 17.9 Å². The van der Waals surface area contributed by atoms with Crippen LogP contribution >= 0.6 is 11.3 Å². The van der Waals surface area contributed by atoms with Gasteiger partial charge in [-0.2, -0.15) is 35.1 Å². The average molecular weight is 624 g/mol. The highest BCUT2D eigenvalue weighted by molar-refractivity contribution is 7.11. The van der Waals surface area contributed by atoms with Gasteiger partial charge >= 0.3 is 24.6 Å². The average Bonchev–Trinajstić information content (AvgIpc) is 3.26. The summed E-state index contributed by atoms with van der Waals surface area (Å²) < 4.78 is 129. The molecule has 40 heavy (non-hydrogen) atoms. The first-order valence-electron chi connectivity index (χ1n) is 12.2. The number of hydrogen-bond donors (Lipinski definition) is 1. The molecular weight excluding hydrogens is 594 g/mol. The van der Waals surface area contributed by atoms with E-state index in [0.717, 1.165) is 24.6 Å². The van der Waals surface area contributed by atoms with Crippen molar-refractivity contribution in [1.29, 1.82) is 0 Å². The van der Waals surface area contributed by atoms with Gasteiger partial charge in [0.15, 0.2) is 11.5 Å². The number of hydrogen-bond acceptors (Lipinski definition) is 7. The minimum atomic E-state index is -5.98. The first-order valence-corrected chi connectivity index (χ1v) is 16.7. The minimum absolute atomic E-state index is 0.0497. The Morgan fingerprint density at radius 3 is 2.23 bits per heavy atom. The van der Waals surface area contributed by atoms with Crippen LogP contribution in [0.2, 0.25) is 25.7 Å². The van der Waals surface area contributed by atoms with E-state index in [-0.39, 0.29) is 46.0 Å². The number of aliphatic hydroxyl groups is 1. The molecule has 6 nitrogen and oxygen atoms in total. The van der Waals surface area contributed by atoms with Crippen LogP contribution in [0.1, 0.15) is 40.8 Å². The van der Waals surface area contributed by atoms with Gasteiger partial charge in [0.05, 0.1) is 11.0 Å². The molecule has 1 aromatic carbocycles. The Kier molecular flexibility index (Phi) is 10.1. The van der Waals surface area contributed by atoms with Crippen LogP contribution in [-0.2, 0) is 15.1 Å². The first-order chi connectivity index (χ1) is 18.4. The Balaban J connectivity index is 1.90. The van der Waals surface area contributed by atoms with Crippen molar-refractivity contribution in [3.05, 3.63) is 39.8 Å². The standard InChI is InChI=1S/C24H29F8NO5SSi/c1-40(2,3)10-9-35-13-36-22(23(27,28)29,24(30,31)32)20-33-12-18(39-20)19(34)14-7-8-16(38-21(25)26)17(11-14)37-15-5-4-6-15/h7-8,11-12,15,19,21,34H,4-6,9-10,13H2,1-3H3. The summed E-state index contributed by atoms with van der Waals surface area (Å²) in [5.41, 5.74) is -4.86. The summed E-state index contributed by atoms with van der Waals surface area (Å²) in [5, 5.41) is 9.30. The van der Waals surface area contributed by atoms with Gasteiger partial charge in [0, 0.05) is 20.9 Å². The number of ether oxygens (including phenoxy) is 4. The van der Waals surface area contributed by atoms with Crippen LogP contribution in [0, 0.1) is 0 Å². The molecule has 1 aromatic heterocycles. The molecule has 1 atom stereocenters. The molecule has 0 aliphatic heterocycles. The molecule has 1 aliphatic rings. The SMILES string of the molecule is C[Si](C)(C)CCOCOC(c1ncc(C(O)c2ccc(OC(F)F)c(OC3CCC3)c2)s1)(C(F)(F)F)C(F)(F)F. The van der Waals surface area contributed by atoms with Gasteiger partial charge in [-0.15, -0.1) is 11.3 Å². The van der Waals surface area contributed by atoms with E-state index in [1.807, 2.05) is 19.6 Å². The predicted molar refractivity (Wildman–Crippen MR) is 131 cm³/mol. The van der Waals surface area contributed by atoms with Crippen molar-refractivity contribution in [3.8, 4) is 11.5 Å². The first kappa shape index (κ1) is 32.5. The van der Waals surface area contributed by atoms with Crippen molar-refractivity contribution in [1.82, 2.24) is 4.98 Å². The largest absolute Gasteiger partial charge is 0.487 e. The molecule has 0 spiro atoms. The van der Waals surface area contributed by atoms with Crippen LogP contribution in [-0.4, -0.2) is 56.6 Å². The summed E-state index contributed by atoms with van der Waals surface area (Å²) >= 11 is -0.0520. The van der Waals surface area contributed by atoms with Crippen LogP contribution in [0.15, 0.2) is 24.4 Å². The zero-order valence-corrected chi connectivity index (χ0v) is 23.6.